The first-order valence-electron chi connectivity index (χ1n) is 6.71. The van der Waals surface area contributed by atoms with Crippen molar-refractivity contribution in [2.24, 2.45) is 0 Å². The summed E-state index contributed by atoms with van der Waals surface area (Å²) < 4.78 is 24.1. The van der Waals surface area contributed by atoms with E-state index in [9.17, 15) is 9.18 Å². The molecule has 0 aliphatic rings. The fraction of sp³-hybridized carbons (Fsp3) is 0.235. The Morgan fingerprint density at radius 1 is 1.19 bits per heavy atom. The van der Waals surface area contributed by atoms with E-state index in [1.165, 1.54) is 25.3 Å². The van der Waals surface area contributed by atoms with Crippen LogP contribution in [0.15, 0.2) is 48.5 Å². The molecule has 0 N–H and O–H groups in total. The first kappa shape index (κ1) is 15.2. The lowest BCUT2D eigenvalue weighted by Crippen LogP contribution is -2.17. The second kappa shape index (κ2) is 6.99. The van der Waals surface area contributed by atoms with Crippen molar-refractivity contribution >= 4 is 5.78 Å². The van der Waals surface area contributed by atoms with Crippen molar-refractivity contribution in [1.29, 1.82) is 0 Å². The van der Waals surface area contributed by atoms with Gasteiger partial charge in [0.1, 0.15) is 17.7 Å². The Hall–Kier alpha value is -2.20. The Balaban J connectivity index is 2.42. The summed E-state index contributed by atoms with van der Waals surface area (Å²) >= 11 is 0. The minimum atomic E-state index is -0.771. The fourth-order valence-corrected chi connectivity index (χ4v) is 2.13. The van der Waals surface area contributed by atoms with Crippen molar-refractivity contribution in [3.05, 3.63) is 65.5 Å². The van der Waals surface area contributed by atoms with Crippen molar-refractivity contribution < 1.29 is 18.7 Å². The molecule has 0 aromatic heterocycles. The molecular weight excluding hydrogens is 271 g/mol. The molecule has 1 unspecified atom stereocenters. The predicted octanol–water partition coefficient (Wildman–Crippen LogP) is 3.79. The molecule has 1 atom stereocenters. The number of benzene rings is 2. The predicted molar refractivity (Wildman–Crippen MR) is 78.1 cm³/mol. The molecule has 0 spiro atoms. The zero-order valence-electron chi connectivity index (χ0n) is 12.0. The minimum Gasteiger partial charge on any atom is -0.496 e. The van der Waals surface area contributed by atoms with Gasteiger partial charge >= 0.3 is 0 Å². The number of halogens is 1. The maximum absolute atomic E-state index is 13.4. The molecule has 0 aliphatic carbocycles. The molecule has 110 valence electrons. The van der Waals surface area contributed by atoms with Gasteiger partial charge < -0.3 is 9.47 Å². The van der Waals surface area contributed by atoms with Gasteiger partial charge in [-0.05, 0) is 30.7 Å². The third kappa shape index (κ3) is 3.47. The Labute approximate surface area is 123 Å². The van der Waals surface area contributed by atoms with Crippen molar-refractivity contribution in [3.63, 3.8) is 0 Å². The summed E-state index contributed by atoms with van der Waals surface area (Å²) in [6.45, 7) is 2.19. The molecule has 0 radical (unpaired) electrons. The van der Waals surface area contributed by atoms with Crippen LogP contribution >= 0.6 is 0 Å². The van der Waals surface area contributed by atoms with Gasteiger partial charge in [0.25, 0.3) is 0 Å². The number of ketones is 1. The van der Waals surface area contributed by atoms with Gasteiger partial charge in [0.15, 0.2) is 5.78 Å². The zero-order valence-corrected chi connectivity index (χ0v) is 12.0. The lowest BCUT2D eigenvalue weighted by molar-refractivity contribution is 0.0449. The Morgan fingerprint density at radius 2 is 1.90 bits per heavy atom. The summed E-state index contributed by atoms with van der Waals surface area (Å²) in [4.78, 5) is 12.7. The number of Topliss-reactive ketones (excluding diaryl/α,β-unsaturated/α-hetero) is 1. The van der Waals surface area contributed by atoms with Crippen LogP contribution in [0.4, 0.5) is 4.39 Å². The molecule has 3 nitrogen and oxygen atoms in total. The van der Waals surface area contributed by atoms with E-state index in [-0.39, 0.29) is 11.3 Å². The maximum atomic E-state index is 13.4. The van der Waals surface area contributed by atoms with Gasteiger partial charge in [0, 0.05) is 6.61 Å². The Kier molecular flexibility index (Phi) is 5.06. The van der Waals surface area contributed by atoms with Crippen LogP contribution in [0.25, 0.3) is 0 Å². The highest BCUT2D eigenvalue weighted by Crippen LogP contribution is 2.28. The molecule has 4 heteroatoms. The quantitative estimate of drug-likeness (QED) is 0.759. The van der Waals surface area contributed by atoms with Gasteiger partial charge in [-0.2, -0.15) is 0 Å². The van der Waals surface area contributed by atoms with Gasteiger partial charge in [-0.15, -0.1) is 0 Å². The summed E-state index contributed by atoms with van der Waals surface area (Å²) in [5, 5.41) is 0. The van der Waals surface area contributed by atoms with Gasteiger partial charge in [0.05, 0.1) is 12.7 Å². The normalized spacial score (nSPS) is 12.0. The van der Waals surface area contributed by atoms with Gasteiger partial charge in [-0.1, -0.05) is 30.3 Å². The van der Waals surface area contributed by atoms with E-state index in [1.54, 1.807) is 0 Å². The number of ether oxygens (including phenoxy) is 2. The van der Waals surface area contributed by atoms with Crippen LogP contribution < -0.4 is 4.74 Å². The van der Waals surface area contributed by atoms with E-state index >= 15 is 0 Å². The van der Waals surface area contributed by atoms with Gasteiger partial charge in [-0.25, -0.2) is 4.39 Å². The third-order valence-electron chi connectivity index (χ3n) is 3.10. The summed E-state index contributed by atoms with van der Waals surface area (Å²) in [6.07, 6.45) is -0.771. The molecule has 0 bridgehead atoms. The van der Waals surface area contributed by atoms with Crippen molar-refractivity contribution in [1.82, 2.24) is 0 Å². The van der Waals surface area contributed by atoms with Gasteiger partial charge in [0.2, 0.25) is 0 Å². The minimum absolute atomic E-state index is 0.180. The standard InChI is InChI=1S/C17H17FO3/c1-3-21-17(12-7-5-4-6-8-12)16(19)14-11-13(18)9-10-15(14)20-2/h4-11,17H,3H2,1-2H3. The Morgan fingerprint density at radius 3 is 2.52 bits per heavy atom. The molecule has 0 fully saturated rings. The molecule has 2 aromatic carbocycles. The molecule has 2 rings (SSSR count). The number of carbonyl (C=O) groups excluding carboxylic acids is 1. The highest BCUT2D eigenvalue weighted by atomic mass is 19.1. The summed E-state index contributed by atoms with van der Waals surface area (Å²) in [7, 11) is 1.45. The number of hydrogen-bond acceptors (Lipinski definition) is 3. The Bertz CT molecular complexity index is 611. The average molecular weight is 288 g/mol. The van der Waals surface area contributed by atoms with Crippen LogP contribution in [0.3, 0.4) is 0 Å². The topological polar surface area (TPSA) is 35.5 Å². The maximum Gasteiger partial charge on any atom is 0.199 e. The van der Waals surface area contributed by atoms with Crippen LogP contribution in [0.2, 0.25) is 0 Å². The number of carbonyl (C=O) groups is 1. The second-order valence-corrected chi connectivity index (χ2v) is 4.45. The van der Waals surface area contributed by atoms with Crippen LogP contribution in [0.5, 0.6) is 5.75 Å². The molecule has 0 saturated heterocycles. The molecule has 21 heavy (non-hydrogen) atoms. The van der Waals surface area contributed by atoms with Crippen molar-refractivity contribution in [3.8, 4) is 5.75 Å². The third-order valence-corrected chi connectivity index (χ3v) is 3.10. The fourth-order valence-electron chi connectivity index (χ4n) is 2.13. The van der Waals surface area contributed by atoms with E-state index in [0.717, 1.165) is 5.56 Å². The van der Waals surface area contributed by atoms with Crippen LogP contribution in [-0.4, -0.2) is 19.5 Å². The number of rotatable bonds is 6. The van der Waals surface area contributed by atoms with Crippen LogP contribution in [0, 0.1) is 5.82 Å². The van der Waals surface area contributed by atoms with E-state index in [2.05, 4.69) is 0 Å². The zero-order chi connectivity index (χ0) is 15.2. The summed E-state index contributed by atoms with van der Waals surface area (Å²) in [6, 6.07) is 13.0. The van der Waals surface area contributed by atoms with Crippen molar-refractivity contribution in [2.75, 3.05) is 13.7 Å². The summed E-state index contributed by atoms with van der Waals surface area (Å²) in [5.74, 6) is -0.469. The molecular formula is C17H17FO3. The lowest BCUT2D eigenvalue weighted by atomic mass is 9.99. The highest BCUT2D eigenvalue weighted by molar-refractivity contribution is 6.02. The van der Waals surface area contributed by atoms with Crippen LogP contribution in [0.1, 0.15) is 28.9 Å². The van der Waals surface area contributed by atoms with E-state index < -0.39 is 11.9 Å². The second-order valence-electron chi connectivity index (χ2n) is 4.45. The number of methoxy groups -OCH3 is 1. The summed E-state index contributed by atoms with van der Waals surface area (Å²) in [5.41, 5.74) is 0.912. The van der Waals surface area contributed by atoms with E-state index in [0.29, 0.717) is 12.4 Å². The molecule has 0 amide bonds. The smallest absolute Gasteiger partial charge is 0.199 e. The largest absolute Gasteiger partial charge is 0.496 e. The van der Waals surface area contributed by atoms with Crippen molar-refractivity contribution in [2.45, 2.75) is 13.0 Å². The van der Waals surface area contributed by atoms with Crippen LogP contribution in [-0.2, 0) is 4.74 Å². The number of hydrogen-bond donors (Lipinski definition) is 0. The average Bonchev–Trinajstić information content (AvgIpc) is 2.52. The van der Waals surface area contributed by atoms with Gasteiger partial charge in [-0.3, -0.25) is 4.79 Å². The van der Waals surface area contributed by atoms with E-state index in [4.69, 9.17) is 9.47 Å². The van der Waals surface area contributed by atoms with E-state index in [1.807, 2.05) is 37.3 Å². The molecule has 2 aromatic rings. The molecule has 0 aliphatic heterocycles. The first-order valence-corrected chi connectivity index (χ1v) is 6.71. The highest BCUT2D eigenvalue weighted by Gasteiger charge is 2.25. The monoisotopic (exact) mass is 288 g/mol. The SMILES string of the molecule is CCOC(C(=O)c1cc(F)ccc1OC)c1ccccc1. The first-order chi connectivity index (χ1) is 10.2. The molecule has 0 saturated carbocycles. The molecule has 0 heterocycles. The lowest BCUT2D eigenvalue weighted by Gasteiger charge is -2.17.